The maximum atomic E-state index is 13.0. The Morgan fingerprint density at radius 3 is 2.44 bits per heavy atom. The summed E-state index contributed by atoms with van der Waals surface area (Å²) >= 11 is 0. The SMILES string of the molecule is O=C(C=NNc1cc(O)c(F)cc1F)C(F)(F)F. The summed E-state index contributed by atoms with van der Waals surface area (Å²) in [5.74, 6) is -5.60. The lowest BCUT2D eigenvalue weighted by atomic mass is 10.3. The summed E-state index contributed by atoms with van der Waals surface area (Å²) in [7, 11) is 0. The lowest BCUT2D eigenvalue weighted by Crippen LogP contribution is -2.24. The van der Waals surface area contributed by atoms with E-state index in [1.807, 2.05) is 0 Å². The van der Waals surface area contributed by atoms with Crippen LogP contribution in [0.4, 0.5) is 27.6 Å². The highest BCUT2D eigenvalue weighted by molar-refractivity contribution is 6.30. The fourth-order valence-electron chi connectivity index (χ4n) is 0.857. The molecule has 1 aromatic carbocycles. The van der Waals surface area contributed by atoms with Crippen molar-refractivity contribution in [3.63, 3.8) is 0 Å². The number of halogens is 5. The molecule has 4 nitrogen and oxygen atoms in total. The smallest absolute Gasteiger partial charge is 0.455 e. The number of aromatic hydroxyl groups is 1. The van der Waals surface area contributed by atoms with Crippen LogP contribution in [0.25, 0.3) is 0 Å². The molecule has 1 rings (SSSR count). The first-order valence-corrected chi connectivity index (χ1v) is 4.30. The molecule has 0 spiro atoms. The van der Waals surface area contributed by atoms with Crippen LogP contribution in [-0.4, -0.2) is 23.3 Å². The number of Topliss-reactive ketones (excluding diaryl/α,β-unsaturated/α-hetero) is 1. The number of nitrogens with zero attached hydrogens (tertiary/aromatic N) is 1. The zero-order chi connectivity index (χ0) is 13.9. The van der Waals surface area contributed by atoms with Gasteiger partial charge in [-0.2, -0.15) is 18.3 Å². The van der Waals surface area contributed by atoms with Gasteiger partial charge >= 0.3 is 6.18 Å². The fraction of sp³-hybridized carbons (Fsp3) is 0.111. The molecule has 0 fully saturated rings. The van der Waals surface area contributed by atoms with E-state index in [2.05, 4.69) is 5.10 Å². The van der Waals surface area contributed by atoms with Crippen LogP contribution in [0.3, 0.4) is 0 Å². The minimum absolute atomic E-state index is 0.111. The number of anilines is 1. The minimum Gasteiger partial charge on any atom is -0.505 e. The maximum absolute atomic E-state index is 13.0. The Balaban J connectivity index is 2.79. The normalized spacial score (nSPS) is 11.8. The number of rotatable bonds is 3. The molecule has 98 valence electrons. The second-order valence-corrected chi connectivity index (χ2v) is 3.02. The largest absolute Gasteiger partial charge is 0.505 e. The van der Waals surface area contributed by atoms with Crippen molar-refractivity contribution in [1.82, 2.24) is 0 Å². The topological polar surface area (TPSA) is 61.7 Å². The van der Waals surface area contributed by atoms with E-state index in [0.29, 0.717) is 12.1 Å². The summed E-state index contributed by atoms with van der Waals surface area (Å²) in [5.41, 5.74) is 1.15. The third-order valence-electron chi connectivity index (χ3n) is 1.68. The van der Waals surface area contributed by atoms with Crippen molar-refractivity contribution < 1.29 is 31.9 Å². The molecular formula is C9H5F5N2O2. The lowest BCUT2D eigenvalue weighted by Gasteiger charge is -2.04. The van der Waals surface area contributed by atoms with Gasteiger partial charge in [-0.05, 0) is 0 Å². The molecule has 9 heteroatoms. The average molecular weight is 268 g/mol. The van der Waals surface area contributed by atoms with Crippen LogP contribution in [-0.2, 0) is 4.79 Å². The Labute approximate surface area is 96.7 Å². The molecule has 0 heterocycles. The highest BCUT2D eigenvalue weighted by atomic mass is 19.4. The number of phenols is 1. The summed E-state index contributed by atoms with van der Waals surface area (Å²) in [5, 5.41) is 11.7. The molecule has 18 heavy (non-hydrogen) atoms. The van der Waals surface area contributed by atoms with Gasteiger partial charge in [0, 0.05) is 12.1 Å². The van der Waals surface area contributed by atoms with Crippen molar-refractivity contribution in [2.24, 2.45) is 5.10 Å². The van der Waals surface area contributed by atoms with Crippen LogP contribution >= 0.6 is 0 Å². The van der Waals surface area contributed by atoms with Gasteiger partial charge in [-0.15, -0.1) is 0 Å². The van der Waals surface area contributed by atoms with Crippen molar-refractivity contribution in [2.75, 3.05) is 5.43 Å². The standard InChI is InChI=1S/C9H5F5N2O2/c10-4-1-5(11)7(17)2-6(4)16-15-3-8(18)9(12,13)14/h1-3,16-17H. The molecule has 0 saturated carbocycles. The molecule has 0 aliphatic carbocycles. The van der Waals surface area contributed by atoms with E-state index in [4.69, 9.17) is 5.11 Å². The van der Waals surface area contributed by atoms with Gasteiger partial charge in [0.15, 0.2) is 17.4 Å². The molecule has 0 aliphatic rings. The van der Waals surface area contributed by atoms with Gasteiger partial charge < -0.3 is 5.11 Å². The summed E-state index contributed by atoms with van der Waals surface area (Å²) < 4.78 is 60.8. The Bertz CT molecular complexity index is 498. The third kappa shape index (κ3) is 3.40. The summed E-state index contributed by atoms with van der Waals surface area (Å²) in [4.78, 5) is 10.3. The van der Waals surface area contributed by atoms with Crippen LogP contribution in [0.5, 0.6) is 5.75 Å². The van der Waals surface area contributed by atoms with Gasteiger partial charge in [0.2, 0.25) is 0 Å². The van der Waals surface area contributed by atoms with Crippen molar-refractivity contribution >= 4 is 17.7 Å². The number of hydrogen-bond donors (Lipinski definition) is 2. The number of carbonyl (C=O) groups is 1. The lowest BCUT2D eigenvalue weighted by molar-refractivity contribution is -0.162. The van der Waals surface area contributed by atoms with Crippen LogP contribution in [0, 0.1) is 11.6 Å². The Morgan fingerprint density at radius 2 is 1.89 bits per heavy atom. The molecule has 0 amide bonds. The molecule has 0 aliphatic heterocycles. The number of hydrogen-bond acceptors (Lipinski definition) is 4. The van der Waals surface area contributed by atoms with Gasteiger partial charge in [0.1, 0.15) is 0 Å². The number of alkyl halides is 3. The van der Waals surface area contributed by atoms with Gasteiger partial charge in [0.25, 0.3) is 5.78 Å². The summed E-state index contributed by atoms with van der Waals surface area (Å²) in [6.45, 7) is 0. The van der Waals surface area contributed by atoms with E-state index < -0.39 is 35.0 Å². The van der Waals surface area contributed by atoms with E-state index in [1.54, 1.807) is 5.43 Å². The zero-order valence-corrected chi connectivity index (χ0v) is 8.42. The number of ketones is 1. The second-order valence-electron chi connectivity index (χ2n) is 3.02. The van der Waals surface area contributed by atoms with Crippen molar-refractivity contribution in [1.29, 1.82) is 0 Å². The Kier molecular flexibility index (Phi) is 3.84. The molecule has 0 atom stereocenters. The first kappa shape index (κ1) is 13.9. The van der Waals surface area contributed by atoms with Gasteiger partial charge in [-0.1, -0.05) is 0 Å². The van der Waals surface area contributed by atoms with Crippen LogP contribution in [0.15, 0.2) is 17.2 Å². The van der Waals surface area contributed by atoms with Gasteiger partial charge in [-0.3, -0.25) is 10.2 Å². The first-order valence-electron chi connectivity index (χ1n) is 4.30. The van der Waals surface area contributed by atoms with Crippen molar-refractivity contribution in [3.8, 4) is 5.75 Å². The number of hydrazone groups is 1. The monoisotopic (exact) mass is 268 g/mol. The average Bonchev–Trinajstić information content (AvgIpc) is 2.23. The molecule has 0 bridgehead atoms. The first-order chi connectivity index (χ1) is 8.21. The van der Waals surface area contributed by atoms with Crippen molar-refractivity contribution in [3.05, 3.63) is 23.8 Å². The molecule has 1 aromatic rings. The molecular weight excluding hydrogens is 263 g/mol. The van der Waals surface area contributed by atoms with E-state index >= 15 is 0 Å². The van der Waals surface area contributed by atoms with Crippen LogP contribution < -0.4 is 5.43 Å². The highest BCUT2D eigenvalue weighted by Crippen LogP contribution is 2.24. The van der Waals surface area contributed by atoms with E-state index in [9.17, 15) is 26.7 Å². The van der Waals surface area contributed by atoms with E-state index in [1.165, 1.54) is 0 Å². The number of phenolic OH excluding ortho intramolecular Hbond substituents is 1. The Hall–Kier alpha value is -2.19. The second kappa shape index (κ2) is 4.98. The highest BCUT2D eigenvalue weighted by Gasteiger charge is 2.36. The van der Waals surface area contributed by atoms with Crippen molar-refractivity contribution in [2.45, 2.75) is 6.18 Å². The zero-order valence-electron chi connectivity index (χ0n) is 8.42. The maximum Gasteiger partial charge on any atom is 0.455 e. The predicted molar refractivity (Wildman–Crippen MR) is 51.2 cm³/mol. The predicted octanol–water partition coefficient (Wildman–Crippen LogP) is 2.20. The van der Waals surface area contributed by atoms with E-state index in [-0.39, 0.29) is 6.21 Å². The van der Waals surface area contributed by atoms with Crippen LogP contribution in [0.2, 0.25) is 0 Å². The summed E-state index contributed by atoms with van der Waals surface area (Å²) in [6.07, 6.45) is -5.20. The van der Waals surface area contributed by atoms with Gasteiger partial charge in [0.05, 0.1) is 11.9 Å². The molecule has 0 aromatic heterocycles. The molecule has 0 saturated heterocycles. The van der Waals surface area contributed by atoms with Crippen LogP contribution in [0.1, 0.15) is 0 Å². The molecule has 2 N–H and O–H groups in total. The Morgan fingerprint density at radius 1 is 1.28 bits per heavy atom. The quantitative estimate of drug-likeness (QED) is 0.502. The number of carbonyl (C=O) groups excluding carboxylic acids is 1. The van der Waals surface area contributed by atoms with Gasteiger partial charge in [-0.25, -0.2) is 8.78 Å². The number of benzene rings is 1. The molecule has 0 unspecified atom stereocenters. The summed E-state index contributed by atoms with van der Waals surface area (Å²) in [6, 6.07) is 0.874. The molecule has 0 radical (unpaired) electrons. The minimum atomic E-state index is -5.09. The number of nitrogens with one attached hydrogen (secondary N) is 1. The third-order valence-corrected chi connectivity index (χ3v) is 1.68. The fourth-order valence-corrected chi connectivity index (χ4v) is 0.857. The van der Waals surface area contributed by atoms with E-state index in [0.717, 1.165) is 0 Å².